The molecule has 2 aromatic carbocycles. The lowest BCUT2D eigenvalue weighted by Crippen LogP contribution is -2.31. The first-order valence-electron chi connectivity index (χ1n) is 10.3. The van der Waals surface area contributed by atoms with Gasteiger partial charge in [0.2, 0.25) is 5.01 Å². The zero-order valence-corrected chi connectivity index (χ0v) is 19.7. The van der Waals surface area contributed by atoms with Gasteiger partial charge in [-0.1, -0.05) is 18.3 Å². The van der Waals surface area contributed by atoms with Gasteiger partial charge in [-0.3, -0.25) is 9.59 Å². The topological polar surface area (TPSA) is 112 Å². The van der Waals surface area contributed by atoms with Gasteiger partial charge < -0.3 is 24.8 Å². The minimum absolute atomic E-state index is 0.0965. The minimum atomic E-state index is -0.387. The molecule has 33 heavy (non-hydrogen) atoms. The van der Waals surface area contributed by atoms with Gasteiger partial charge in [0.15, 0.2) is 16.5 Å². The van der Waals surface area contributed by atoms with Crippen molar-refractivity contribution >= 4 is 28.8 Å². The van der Waals surface area contributed by atoms with Crippen LogP contribution in [0.1, 0.15) is 45.4 Å². The van der Waals surface area contributed by atoms with Crippen LogP contribution in [0, 0.1) is 0 Å². The van der Waals surface area contributed by atoms with Crippen LogP contribution >= 0.6 is 11.3 Å². The number of ether oxygens (including phenoxy) is 3. The van der Waals surface area contributed by atoms with Gasteiger partial charge in [0.25, 0.3) is 11.8 Å². The molecule has 1 heterocycles. The summed E-state index contributed by atoms with van der Waals surface area (Å²) >= 11 is 1.14. The van der Waals surface area contributed by atoms with E-state index in [1.165, 1.54) is 0 Å². The van der Waals surface area contributed by atoms with Gasteiger partial charge in [-0.2, -0.15) is 0 Å². The van der Waals surface area contributed by atoms with Crippen LogP contribution in [0.15, 0.2) is 42.5 Å². The van der Waals surface area contributed by atoms with Crippen LogP contribution in [0.3, 0.4) is 0 Å². The van der Waals surface area contributed by atoms with E-state index in [2.05, 4.69) is 20.8 Å². The molecule has 3 aromatic rings. The van der Waals surface area contributed by atoms with E-state index >= 15 is 0 Å². The summed E-state index contributed by atoms with van der Waals surface area (Å²) in [7, 11) is 3.11. The highest BCUT2D eigenvalue weighted by atomic mass is 32.1. The Bertz CT molecular complexity index is 1100. The van der Waals surface area contributed by atoms with E-state index in [0.717, 1.165) is 17.8 Å². The third-order valence-electron chi connectivity index (χ3n) is 4.77. The van der Waals surface area contributed by atoms with Crippen LogP contribution in [-0.2, 0) is 6.61 Å². The fourth-order valence-corrected chi connectivity index (χ4v) is 3.40. The summed E-state index contributed by atoms with van der Waals surface area (Å²) in [5.41, 5.74) is 1.08. The van der Waals surface area contributed by atoms with Crippen molar-refractivity contribution in [1.82, 2.24) is 15.5 Å². The Morgan fingerprint density at radius 1 is 1.00 bits per heavy atom. The molecule has 1 aromatic heterocycles. The van der Waals surface area contributed by atoms with Crippen molar-refractivity contribution in [3.8, 4) is 17.2 Å². The molecule has 2 amide bonds. The fraction of sp³-hybridized carbons (Fsp3) is 0.304. The number of hydrogen-bond donors (Lipinski definition) is 2. The smallest absolute Gasteiger partial charge is 0.286 e. The summed E-state index contributed by atoms with van der Waals surface area (Å²) in [5.74, 6) is 1.19. The molecule has 174 valence electrons. The number of benzene rings is 2. The molecular weight excluding hydrogens is 444 g/mol. The number of nitrogens with one attached hydrogen (secondary N) is 2. The summed E-state index contributed by atoms with van der Waals surface area (Å²) in [4.78, 5) is 24.7. The molecule has 0 saturated carbocycles. The van der Waals surface area contributed by atoms with E-state index in [0.29, 0.717) is 33.5 Å². The second kappa shape index (κ2) is 11.3. The zero-order chi connectivity index (χ0) is 23.8. The van der Waals surface area contributed by atoms with Crippen molar-refractivity contribution in [3.05, 3.63) is 58.0 Å². The lowest BCUT2D eigenvalue weighted by atomic mass is 10.1. The molecule has 0 saturated heterocycles. The normalized spacial score (nSPS) is 11.4. The minimum Gasteiger partial charge on any atom is -0.493 e. The first kappa shape index (κ1) is 24.0. The van der Waals surface area contributed by atoms with E-state index in [9.17, 15) is 9.59 Å². The predicted octanol–water partition coefficient (Wildman–Crippen LogP) is 3.91. The van der Waals surface area contributed by atoms with Crippen molar-refractivity contribution < 1.29 is 23.8 Å². The van der Waals surface area contributed by atoms with Crippen LogP contribution in [0.4, 0.5) is 5.69 Å². The third-order valence-corrected chi connectivity index (χ3v) is 5.67. The molecule has 0 aliphatic carbocycles. The molecule has 0 spiro atoms. The number of amides is 2. The lowest BCUT2D eigenvalue weighted by Gasteiger charge is -2.11. The van der Waals surface area contributed by atoms with Gasteiger partial charge in [0.05, 0.1) is 14.2 Å². The van der Waals surface area contributed by atoms with Gasteiger partial charge >= 0.3 is 0 Å². The molecule has 0 aliphatic rings. The number of carbonyl (C=O) groups is 2. The Morgan fingerprint density at radius 3 is 2.39 bits per heavy atom. The SMILES string of the molecule is CCC(C)NC(=O)c1ccc(NC(=O)c2nnc(COc3ccc(OC)c(OC)c3)s2)cc1. The monoisotopic (exact) mass is 470 g/mol. The number of nitrogens with zero attached hydrogens (tertiary/aromatic N) is 2. The maximum Gasteiger partial charge on any atom is 0.286 e. The number of anilines is 1. The molecule has 2 N–H and O–H groups in total. The number of rotatable bonds is 10. The van der Waals surface area contributed by atoms with Crippen molar-refractivity contribution in [2.24, 2.45) is 0 Å². The Hall–Kier alpha value is -3.66. The number of aromatic nitrogens is 2. The number of carbonyl (C=O) groups excluding carboxylic acids is 2. The predicted molar refractivity (Wildman–Crippen MR) is 125 cm³/mol. The highest BCUT2D eigenvalue weighted by Crippen LogP contribution is 2.31. The van der Waals surface area contributed by atoms with Crippen LogP contribution in [0.2, 0.25) is 0 Å². The van der Waals surface area contributed by atoms with Gasteiger partial charge in [-0.25, -0.2) is 0 Å². The maximum atomic E-state index is 12.5. The molecule has 1 unspecified atom stereocenters. The summed E-state index contributed by atoms with van der Waals surface area (Å²) in [5, 5.41) is 14.4. The standard InChI is InChI=1S/C23H26N4O5S/c1-5-14(2)24-21(28)15-6-8-16(9-7-15)25-22(29)23-27-26-20(33-23)13-32-17-10-11-18(30-3)19(12-17)31-4/h6-12,14H,5,13H2,1-4H3,(H,24,28)(H,25,29). The van der Waals surface area contributed by atoms with E-state index in [1.54, 1.807) is 56.7 Å². The van der Waals surface area contributed by atoms with Crippen LogP contribution in [0.5, 0.6) is 17.2 Å². The summed E-state index contributed by atoms with van der Waals surface area (Å²) in [6.45, 7) is 4.10. The average Bonchev–Trinajstić information content (AvgIpc) is 3.32. The van der Waals surface area contributed by atoms with Crippen molar-refractivity contribution in [2.75, 3.05) is 19.5 Å². The molecule has 0 radical (unpaired) electrons. The molecule has 9 nitrogen and oxygen atoms in total. The Kier molecular flexibility index (Phi) is 8.20. The molecular formula is C23H26N4O5S. The van der Waals surface area contributed by atoms with Crippen molar-refractivity contribution in [2.45, 2.75) is 32.9 Å². The quantitative estimate of drug-likeness (QED) is 0.462. The summed E-state index contributed by atoms with van der Waals surface area (Å²) < 4.78 is 16.2. The molecule has 0 fully saturated rings. The molecule has 10 heteroatoms. The first-order chi connectivity index (χ1) is 15.9. The number of methoxy groups -OCH3 is 2. The van der Waals surface area contributed by atoms with Crippen LogP contribution in [0.25, 0.3) is 0 Å². The van der Waals surface area contributed by atoms with Gasteiger partial charge in [-0.05, 0) is 49.7 Å². The maximum absolute atomic E-state index is 12.5. The second-order valence-corrected chi connectivity index (χ2v) is 8.18. The molecule has 3 rings (SSSR count). The third kappa shape index (κ3) is 6.42. The Morgan fingerprint density at radius 2 is 1.73 bits per heavy atom. The van der Waals surface area contributed by atoms with Gasteiger partial charge in [-0.15, -0.1) is 10.2 Å². The van der Waals surface area contributed by atoms with E-state index in [1.807, 2.05) is 13.8 Å². The highest BCUT2D eigenvalue weighted by molar-refractivity contribution is 7.13. The second-order valence-electron chi connectivity index (χ2n) is 7.12. The van der Waals surface area contributed by atoms with E-state index in [4.69, 9.17) is 14.2 Å². The van der Waals surface area contributed by atoms with E-state index < -0.39 is 0 Å². The largest absolute Gasteiger partial charge is 0.493 e. The van der Waals surface area contributed by atoms with Crippen molar-refractivity contribution in [3.63, 3.8) is 0 Å². The Balaban J connectivity index is 1.56. The molecule has 0 aliphatic heterocycles. The lowest BCUT2D eigenvalue weighted by molar-refractivity contribution is 0.0938. The van der Waals surface area contributed by atoms with Crippen LogP contribution < -0.4 is 24.8 Å². The van der Waals surface area contributed by atoms with Crippen LogP contribution in [-0.4, -0.2) is 42.3 Å². The fourth-order valence-electron chi connectivity index (χ4n) is 2.75. The Labute approximate surface area is 196 Å². The average molecular weight is 471 g/mol. The van der Waals surface area contributed by atoms with E-state index in [-0.39, 0.29) is 29.5 Å². The van der Waals surface area contributed by atoms with Gasteiger partial charge in [0, 0.05) is 23.4 Å². The zero-order valence-electron chi connectivity index (χ0n) is 18.9. The first-order valence-corrected chi connectivity index (χ1v) is 11.1. The van der Waals surface area contributed by atoms with Crippen molar-refractivity contribution in [1.29, 1.82) is 0 Å². The summed E-state index contributed by atoms with van der Waals surface area (Å²) in [6, 6.07) is 12.0. The molecule has 1 atom stereocenters. The summed E-state index contributed by atoms with van der Waals surface area (Å²) in [6.07, 6.45) is 0.850. The molecule has 0 bridgehead atoms. The highest BCUT2D eigenvalue weighted by Gasteiger charge is 2.15. The van der Waals surface area contributed by atoms with Gasteiger partial charge in [0.1, 0.15) is 12.4 Å². The number of hydrogen-bond acceptors (Lipinski definition) is 8.